The van der Waals surface area contributed by atoms with Crippen LogP contribution in [0.1, 0.15) is 19.8 Å². The minimum atomic E-state index is -3.90. The minimum absolute atomic E-state index is 0.0616. The van der Waals surface area contributed by atoms with Crippen LogP contribution in [0.4, 0.5) is 11.6 Å². The second-order valence-corrected chi connectivity index (χ2v) is 7.54. The van der Waals surface area contributed by atoms with Crippen molar-refractivity contribution < 1.29 is 13.2 Å². The molecular weight excluding hydrogens is 364 g/mol. The molecule has 2 rings (SSSR count). The summed E-state index contributed by atoms with van der Waals surface area (Å²) >= 11 is 5.90. The minimum Gasteiger partial charge on any atom is -0.495 e. The van der Waals surface area contributed by atoms with Gasteiger partial charge in [0.1, 0.15) is 10.6 Å². The lowest BCUT2D eigenvalue weighted by Gasteiger charge is -2.17. The van der Waals surface area contributed by atoms with Gasteiger partial charge in [0.15, 0.2) is 11.6 Å². The number of unbranched alkanes of at least 4 members (excludes halogenated alkanes) is 1. The molecule has 0 fully saturated rings. The molecule has 1 aromatic heterocycles. The summed E-state index contributed by atoms with van der Waals surface area (Å²) in [5, 5.41) is 8.29. The Labute approximate surface area is 153 Å². The van der Waals surface area contributed by atoms with Crippen LogP contribution in [0.25, 0.3) is 0 Å². The van der Waals surface area contributed by atoms with Crippen molar-refractivity contribution in [2.24, 2.45) is 0 Å². The van der Waals surface area contributed by atoms with Crippen LogP contribution in [0.15, 0.2) is 35.2 Å². The molecule has 0 unspecified atom stereocenters. The number of nitrogens with zero attached hydrogens (tertiary/aromatic N) is 3. The van der Waals surface area contributed by atoms with Crippen LogP contribution in [0.3, 0.4) is 0 Å². The Kier molecular flexibility index (Phi) is 6.44. The van der Waals surface area contributed by atoms with E-state index >= 15 is 0 Å². The van der Waals surface area contributed by atoms with Gasteiger partial charge in [-0.2, -0.15) is 0 Å². The standard InChI is InChI=1S/C16H21ClN4O3S/c1-4-5-10-21(2)16-9-8-15(18-19-16)20-25(22,23)14-11-12(17)6-7-13(14)24-3/h6-9,11H,4-5,10H2,1-3H3,(H,18,20). The maximum absolute atomic E-state index is 12.6. The molecule has 0 radical (unpaired) electrons. The highest BCUT2D eigenvalue weighted by Crippen LogP contribution is 2.28. The molecule has 0 aliphatic rings. The summed E-state index contributed by atoms with van der Waals surface area (Å²) in [4.78, 5) is 1.91. The molecule has 0 bridgehead atoms. The first-order chi connectivity index (χ1) is 11.9. The van der Waals surface area contributed by atoms with E-state index in [0.29, 0.717) is 10.8 Å². The smallest absolute Gasteiger partial charge is 0.266 e. The summed E-state index contributed by atoms with van der Waals surface area (Å²) in [6, 6.07) is 7.66. The van der Waals surface area contributed by atoms with Gasteiger partial charge in [-0.15, -0.1) is 10.2 Å². The monoisotopic (exact) mass is 384 g/mol. The van der Waals surface area contributed by atoms with Gasteiger partial charge in [0.05, 0.1) is 7.11 Å². The maximum Gasteiger partial charge on any atom is 0.266 e. The van der Waals surface area contributed by atoms with Crippen LogP contribution < -0.4 is 14.4 Å². The van der Waals surface area contributed by atoms with Crippen molar-refractivity contribution in [3.63, 3.8) is 0 Å². The number of halogens is 1. The fourth-order valence-electron chi connectivity index (χ4n) is 2.15. The first kappa shape index (κ1) is 19.3. The van der Waals surface area contributed by atoms with Crippen molar-refractivity contribution in [2.45, 2.75) is 24.7 Å². The van der Waals surface area contributed by atoms with Crippen LogP contribution in [0, 0.1) is 0 Å². The van der Waals surface area contributed by atoms with Crippen molar-refractivity contribution in [3.05, 3.63) is 35.4 Å². The summed E-state index contributed by atoms with van der Waals surface area (Å²) in [7, 11) is -0.593. The quantitative estimate of drug-likeness (QED) is 0.752. The Morgan fingerprint density at radius 3 is 2.60 bits per heavy atom. The van der Waals surface area contributed by atoms with Crippen molar-refractivity contribution >= 4 is 33.3 Å². The predicted molar refractivity (Wildman–Crippen MR) is 99.0 cm³/mol. The van der Waals surface area contributed by atoms with Crippen LogP contribution in [0.2, 0.25) is 5.02 Å². The number of methoxy groups -OCH3 is 1. The van der Waals surface area contributed by atoms with Gasteiger partial charge in [-0.1, -0.05) is 24.9 Å². The van der Waals surface area contributed by atoms with Crippen LogP contribution in [-0.4, -0.2) is 39.3 Å². The summed E-state index contributed by atoms with van der Waals surface area (Å²) in [6.07, 6.45) is 2.12. The van der Waals surface area contributed by atoms with E-state index < -0.39 is 10.0 Å². The Balaban J connectivity index is 2.20. The second kappa shape index (κ2) is 8.35. The third kappa shape index (κ3) is 4.96. The van der Waals surface area contributed by atoms with Gasteiger partial charge in [-0.05, 0) is 36.8 Å². The molecule has 0 spiro atoms. The average Bonchev–Trinajstić information content (AvgIpc) is 2.60. The van der Waals surface area contributed by atoms with Gasteiger partial charge < -0.3 is 9.64 Å². The molecule has 1 N–H and O–H groups in total. The largest absolute Gasteiger partial charge is 0.495 e. The molecule has 1 aromatic carbocycles. The lowest BCUT2D eigenvalue weighted by molar-refractivity contribution is 0.403. The Bertz CT molecular complexity index is 813. The zero-order valence-electron chi connectivity index (χ0n) is 14.4. The zero-order chi connectivity index (χ0) is 18.4. The SMILES string of the molecule is CCCCN(C)c1ccc(NS(=O)(=O)c2cc(Cl)ccc2OC)nn1. The highest BCUT2D eigenvalue weighted by atomic mass is 35.5. The van der Waals surface area contributed by atoms with Crippen LogP contribution in [0.5, 0.6) is 5.75 Å². The third-order valence-corrected chi connectivity index (χ3v) is 5.15. The molecule has 0 aliphatic carbocycles. The second-order valence-electron chi connectivity index (χ2n) is 5.45. The van der Waals surface area contributed by atoms with Crippen LogP contribution in [-0.2, 0) is 10.0 Å². The summed E-state index contributed by atoms with van der Waals surface area (Å²) < 4.78 is 32.6. The molecule has 2 aromatic rings. The third-order valence-electron chi connectivity index (χ3n) is 3.54. The lowest BCUT2D eigenvalue weighted by atomic mass is 10.3. The van der Waals surface area contributed by atoms with Crippen molar-refractivity contribution in [2.75, 3.05) is 30.3 Å². The highest BCUT2D eigenvalue weighted by Gasteiger charge is 2.21. The first-order valence-corrected chi connectivity index (χ1v) is 9.64. The van der Waals surface area contributed by atoms with Gasteiger partial charge in [0.25, 0.3) is 10.0 Å². The number of sulfonamides is 1. The number of rotatable bonds is 8. The van der Waals surface area contributed by atoms with Gasteiger partial charge in [-0.25, -0.2) is 8.42 Å². The van der Waals surface area contributed by atoms with Crippen molar-refractivity contribution in [3.8, 4) is 5.75 Å². The van der Waals surface area contributed by atoms with E-state index in [1.54, 1.807) is 18.2 Å². The molecule has 0 saturated carbocycles. The Morgan fingerprint density at radius 1 is 1.24 bits per heavy atom. The number of hydrogen-bond acceptors (Lipinski definition) is 6. The summed E-state index contributed by atoms with van der Waals surface area (Å²) in [6.45, 7) is 2.97. The molecule has 9 heteroatoms. The van der Waals surface area contributed by atoms with Gasteiger partial charge in [0, 0.05) is 18.6 Å². The van der Waals surface area contributed by atoms with Crippen LogP contribution >= 0.6 is 11.6 Å². The average molecular weight is 385 g/mol. The molecule has 0 saturated heterocycles. The number of nitrogens with one attached hydrogen (secondary N) is 1. The van der Waals surface area contributed by atoms with Gasteiger partial charge in [0.2, 0.25) is 0 Å². The molecule has 25 heavy (non-hydrogen) atoms. The molecular formula is C16H21ClN4O3S. The van der Waals surface area contributed by atoms with E-state index in [1.165, 1.54) is 19.2 Å². The molecule has 7 nitrogen and oxygen atoms in total. The molecule has 0 aliphatic heterocycles. The topological polar surface area (TPSA) is 84.4 Å². The number of benzene rings is 1. The highest BCUT2D eigenvalue weighted by molar-refractivity contribution is 7.92. The van der Waals surface area contributed by atoms with Gasteiger partial charge in [-0.3, -0.25) is 4.72 Å². The number of anilines is 2. The number of ether oxygens (including phenoxy) is 1. The normalized spacial score (nSPS) is 11.2. The zero-order valence-corrected chi connectivity index (χ0v) is 15.9. The van der Waals surface area contributed by atoms with E-state index in [1.807, 2.05) is 11.9 Å². The maximum atomic E-state index is 12.6. The van der Waals surface area contributed by atoms with E-state index in [0.717, 1.165) is 19.4 Å². The molecule has 136 valence electrons. The van der Waals surface area contributed by atoms with E-state index in [9.17, 15) is 8.42 Å². The van der Waals surface area contributed by atoms with E-state index in [4.69, 9.17) is 16.3 Å². The fourth-order valence-corrected chi connectivity index (χ4v) is 3.58. The fraction of sp³-hybridized carbons (Fsp3) is 0.375. The number of aromatic nitrogens is 2. The van der Waals surface area contributed by atoms with Crippen molar-refractivity contribution in [1.82, 2.24) is 10.2 Å². The van der Waals surface area contributed by atoms with Crippen molar-refractivity contribution in [1.29, 1.82) is 0 Å². The Morgan fingerprint density at radius 2 is 2.00 bits per heavy atom. The first-order valence-electron chi connectivity index (χ1n) is 7.78. The lowest BCUT2D eigenvalue weighted by Crippen LogP contribution is -2.20. The Hall–Kier alpha value is -2.06. The van der Waals surface area contributed by atoms with E-state index in [-0.39, 0.29) is 16.5 Å². The molecule has 0 atom stereocenters. The summed E-state index contributed by atoms with van der Waals surface area (Å²) in [5.74, 6) is 0.993. The molecule has 0 amide bonds. The predicted octanol–water partition coefficient (Wildman–Crippen LogP) is 3.18. The summed E-state index contributed by atoms with van der Waals surface area (Å²) in [5.41, 5.74) is 0. The van der Waals surface area contributed by atoms with Gasteiger partial charge >= 0.3 is 0 Å². The van der Waals surface area contributed by atoms with E-state index in [2.05, 4.69) is 21.8 Å². The molecule has 1 heterocycles. The number of hydrogen-bond donors (Lipinski definition) is 1.